The molecule has 0 saturated carbocycles. The molecule has 2 aromatic rings. The van der Waals surface area contributed by atoms with Crippen molar-refractivity contribution < 1.29 is 17.5 Å². The molecular weight excluding hydrogens is 383 g/mol. The van der Waals surface area contributed by atoms with Gasteiger partial charge in [-0.05, 0) is 42.3 Å². The van der Waals surface area contributed by atoms with Gasteiger partial charge in [0.05, 0.1) is 0 Å². The number of hydrogen-bond acceptors (Lipinski definition) is 3. The minimum Gasteiger partial charge on any atom is -0.487 e. The van der Waals surface area contributed by atoms with Crippen molar-refractivity contribution >= 4 is 35.7 Å². The molecule has 0 bridgehead atoms. The maximum absolute atomic E-state index is 13.1. The van der Waals surface area contributed by atoms with Crippen LogP contribution in [-0.2, 0) is 15.7 Å². The second-order valence-corrected chi connectivity index (χ2v) is 7.86. The van der Waals surface area contributed by atoms with Gasteiger partial charge < -0.3 is 4.74 Å². The Morgan fingerprint density at radius 3 is 2.62 bits per heavy atom. The van der Waals surface area contributed by atoms with Crippen LogP contribution in [0.3, 0.4) is 0 Å². The van der Waals surface area contributed by atoms with Crippen molar-refractivity contribution in [2.24, 2.45) is 0 Å². The van der Waals surface area contributed by atoms with Gasteiger partial charge in [-0.2, -0.15) is 0 Å². The Labute approximate surface area is 135 Å². The monoisotopic (exact) mass is 392 g/mol. The first-order chi connectivity index (χ1) is 9.77. The second kappa shape index (κ2) is 6.34. The highest BCUT2D eigenvalue weighted by atomic mass is 79.9. The summed E-state index contributed by atoms with van der Waals surface area (Å²) in [4.78, 5) is -0.118. The van der Waals surface area contributed by atoms with Gasteiger partial charge in [0, 0.05) is 15.2 Å². The Bertz CT molecular complexity index is 778. The van der Waals surface area contributed by atoms with Crippen LogP contribution in [0.1, 0.15) is 11.1 Å². The lowest BCUT2D eigenvalue weighted by atomic mass is 10.2. The molecule has 3 nitrogen and oxygen atoms in total. The zero-order chi connectivity index (χ0) is 15.6. The van der Waals surface area contributed by atoms with Gasteiger partial charge in [-0.15, -0.1) is 0 Å². The van der Waals surface area contributed by atoms with Crippen molar-refractivity contribution in [3.63, 3.8) is 0 Å². The first-order valence-electron chi connectivity index (χ1n) is 5.89. The van der Waals surface area contributed by atoms with E-state index in [1.165, 1.54) is 18.2 Å². The summed E-state index contributed by atoms with van der Waals surface area (Å²) in [5, 5.41) is 0. The van der Waals surface area contributed by atoms with E-state index in [-0.39, 0.29) is 23.1 Å². The number of aryl methyl sites for hydroxylation is 1. The topological polar surface area (TPSA) is 43.4 Å². The van der Waals surface area contributed by atoms with E-state index in [9.17, 15) is 12.8 Å². The first-order valence-corrected chi connectivity index (χ1v) is 8.99. The third-order valence-corrected chi connectivity index (χ3v) is 4.53. The fraction of sp³-hybridized carbons (Fsp3) is 0.143. The molecule has 0 aliphatic heterocycles. The van der Waals surface area contributed by atoms with Crippen molar-refractivity contribution in [3.8, 4) is 5.75 Å². The number of halogens is 3. The molecule has 7 heteroatoms. The van der Waals surface area contributed by atoms with Crippen LogP contribution in [0.25, 0.3) is 0 Å². The highest BCUT2D eigenvalue weighted by Crippen LogP contribution is 2.34. The molecule has 0 atom stereocenters. The van der Waals surface area contributed by atoms with Crippen LogP contribution in [0.15, 0.2) is 45.8 Å². The lowest BCUT2D eigenvalue weighted by Crippen LogP contribution is -2.03. The van der Waals surface area contributed by atoms with E-state index < -0.39 is 9.05 Å². The van der Waals surface area contributed by atoms with E-state index in [0.717, 1.165) is 0 Å². The molecule has 0 radical (unpaired) electrons. The van der Waals surface area contributed by atoms with E-state index >= 15 is 0 Å². The molecule has 2 aromatic carbocycles. The smallest absolute Gasteiger partial charge is 0.265 e. The summed E-state index contributed by atoms with van der Waals surface area (Å²) in [6, 6.07) is 8.97. The number of hydrogen-bond donors (Lipinski definition) is 0. The molecule has 0 saturated heterocycles. The molecule has 0 heterocycles. The minimum absolute atomic E-state index is 0.0413. The Hall–Kier alpha value is -1.11. The second-order valence-electron chi connectivity index (χ2n) is 4.41. The van der Waals surface area contributed by atoms with Crippen molar-refractivity contribution in [1.82, 2.24) is 0 Å². The van der Waals surface area contributed by atoms with Gasteiger partial charge in [0.15, 0.2) is 0 Å². The van der Waals surface area contributed by atoms with Gasteiger partial charge in [0.25, 0.3) is 9.05 Å². The van der Waals surface area contributed by atoms with E-state index in [1.807, 2.05) is 0 Å². The van der Waals surface area contributed by atoms with Crippen molar-refractivity contribution in [2.75, 3.05) is 0 Å². The molecule has 0 N–H and O–H groups in total. The van der Waals surface area contributed by atoms with E-state index in [0.29, 0.717) is 15.6 Å². The lowest BCUT2D eigenvalue weighted by Gasteiger charge is -2.13. The molecule has 0 fully saturated rings. The molecule has 0 spiro atoms. The summed E-state index contributed by atoms with van der Waals surface area (Å²) >= 11 is 3.22. The summed E-state index contributed by atoms with van der Waals surface area (Å²) < 4.78 is 42.5. The molecule has 2 rings (SSSR count). The van der Waals surface area contributed by atoms with Crippen molar-refractivity contribution in [2.45, 2.75) is 18.4 Å². The van der Waals surface area contributed by atoms with E-state index in [1.54, 1.807) is 25.1 Å². The Balaban J connectivity index is 2.36. The predicted octanol–water partition coefficient (Wildman–Crippen LogP) is 4.40. The first kappa shape index (κ1) is 16.3. The fourth-order valence-corrected chi connectivity index (χ4v) is 3.62. The standard InChI is InChI=1S/C14H11BrClFO3S/c1-9-5-11(15)7-13(21(16,18)19)14(9)20-8-10-3-2-4-12(17)6-10/h2-7H,8H2,1H3. The SMILES string of the molecule is Cc1cc(Br)cc(S(=O)(=O)Cl)c1OCc1cccc(F)c1. The fourth-order valence-electron chi connectivity index (χ4n) is 1.85. The van der Waals surface area contributed by atoms with Gasteiger partial charge in [-0.25, -0.2) is 12.8 Å². The van der Waals surface area contributed by atoms with Crippen LogP contribution in [-0.4, -0.2) is 8.42 Å². The quantitative estimate of drug-likeness (QED) is 0.723. The maximum Gasteiger partial charge on any atom is 0.265 e. The van der Waals surface area contributed by atoms with Gasteiger partial charge >= 0.3 is 0 Å². The van der Waals surface area contributed by atoms with Crippen LogP contribution < -0.4 is 4.74 Å². The van der Waals surface area contributed by atoms with Crippen LogP contribution in [0.4, 0.5) is 4.39 Å². The van der Waals surface area contributed by atoms with Crippen LogP contribution in [0, 0.1) is 12.7 Å². The van der Waals surface area contributed by atoms with Gasteiger partial charge in [-0.1, -0.05) is 28.1 Å². The van der Waals surface area contributed by atoms with E-state index in [2.05, 4.69) is 15.9 Å². The van der Waals surface area contributed by atoms with Crippen LogP contribution in [0.5, 0.6) is 5.75 Å². The summed E-state index contributed by atoms with van der Waals surface area (Å²) in [6.07, 6.45) is 0. The summed E-state index contributed by atoms with van der Waals surface area (Å²) in [5.41, 5.74) is 1.20. The number of benzene rings is 2. The molecule has 0 amide bonds. The Morgan fingerprint density at radius 1 is 1.29 bits per heavy atom. The summed E-state index contributed by atoms with van der Waals surface area (Å²) in [5.74, 6) is -0.216. The Kier molecular flexibility index (Phi) is 4.91. The molecule has 0 aromatic heterocycles. The van der Waals surface area contributed by atoms with Gasteiger partial charge in [-0.3, -0.25) is 0 Å². The van der Waals surface area contributed by atoms with E-state index in [4.69, 9.17) is 15.4 Å². The molecule has 0 aliphatic rings. The zero-order valence-corrected chi connectivity index (χ0v) is 14.1. The van der Waals surface area contributed by atoms with Gasteiger partial charge in [0.2, 0.25) is 0 Å². The number of rotatable bonds is 4. The van der Waals surface area contributed by atoms with Gasteiger partial charge in [0.1, 0.15) is 23.1 Å². The van der Waals surface area contributed by atoms with Crippen LogP contribution >= 0.6 is 26.6 Å². The summed E-state index contributed by atoms with van der Waals surface area (Å²) in [7, 11) is 1.48. The Morgan fingerprint density at radius 2 is 2.00 bits per heavy atom. The summed E-state index contributed by atoms with van der Waals surface area (Å²) in [6.45, 7) is 1.75. The average Bonchev–Trinajstić information content (AvgIpc) is 2.36. The van der Waals surface area contributed by atoms with Crippen molar-refractivity contribution in [3.05, 3.63) is 57.8 Å². The molecular formula is C14H11BrClFO3S. The average molecular weight is 394 g/mol. The normalized spacial score (nSPS) is 11.4. The third kappa shape index (κ3) is 4.18. The lowest BCUT2D eigenvalue weighted by molar-refractivity contribution is 0.295. The molecule has 0 aliphatic carbocycles. The molecule has 21 heavy (non-hydrogen) atoms. The van der Waals surface area contributed by atoms with Crippen LogP contribution in [0.2, 0.25) is 0 Å². The highest BCUT2D eigenvalue weighted by molar-refractivity contribution is 9.10. The molecule has 0 unspecified atom stereocenters. The predicted molar refractivity (Wildman–Crippen MR) is 82.6 cm³/mol. The molecule has 112 valence electrons. The largest absolute Gasteiger partial charge is 0.487 e. The third-order valence-electron chi connectivity index (χ3n) is 2.74. The maximum atomic E-state index is 13.1. The minimum atomic E-state index is -3.95. The zero-order valence-electron chi connectivity index (χ0n) is 10.9. The highest BCUT2D eigenvalue weighted by Gasteiger charge is 2.20. The van der Waals surface area contributed by atoms with Crippen molar-refractivity contribution in [1.29, 1.82) is 0 Å². The number of ether oxygens (including phenoxy) is 1.